The Hall–Kier alpha value is -2.51. The van der Waals surface area contributed by atoms with Gasteiger partial charge < -0.3 is 4.90 Å². The molecule has 2 N–H and O–H groups in total. The highest BCUT2D eigenvalue weighted by Gasteiger charge is 2.44. The Morgan fingerprint density at radius 2 is 1.77 bits per heavy atom. The number of benzene rings is 1. The first-order valence-corrected chi connectivity index (χ1v) is 8.95. The number of hydrogen-bond acceptors (Lipinski definition) is 6. The summed E-state index contributed by atoms with van der Waals surface area (Å²) in [7, 11) is 0. The summed E-state index contributed by atoms with van der Waals surface area (Å²) in [5.41, 5.74) is 3.65. The molecular weight excluding hydrogens is 330 g/mol. The first-order chi connectivity index (χ1) is 12.7. The summed E-state index contributed by atoms with van der Waals surface area (Å²) >= 11 is 0. The molecule has 1 amide bonds. The summed E-state index contributed by atoms with van der Waals surface area (Å²) in [5, 5.41) is 8.64. The Morgan fingerprint density at radius 3 is 2.38 bits per heavy atom. The summed E-state index contributed by atoms with van der Waals surface area (Å²) in [6.07, 6.45) is 5.17. The monoisotopic (exact) mass is 353 g/mol. The lowest BCUT2D eigenvalue weighted by Gasteiger charge is -2.54. The quantitative estimate of drug-likeness (QED) is 0.643. The number of nitrogens with zero attached hydrogens (tertiary/aromatic N) is 4. The van der Waals surface area contributed by atoms with Crippen LogP contribution in [0.15, 0.2) is 42.7 Å². The van der Waals surface area contributed by atoms with E-state index in [4.69, 9.17) is 5.21 Å². The normalized spacial score (nSPS) is 19.2. The van der Waals surface area contributed by atoms with Crippen molar-refractivity contribution in [2.45, 2.75) is 19.4 Å². The van der Waals surface area contributed by atoms with Gasteiger partial charge in [-0.05, 0) is 23.8 Å². The Morgan fingerprint density at radius 1 is 1.12 bits per heavy atom. The second-order valence-electron chi connectivity index (χ2n) is 7.33. The average molecular weight is 353 g/mol. The molecule has 3 heterocycles. The summed E-state index contributed by atoms with van der Waals surface area (Å²) in [5.74, 6) is 0.0527. The molecule has 0 unspecified atom stereocenters. The SMILES string of the molecule is O=C(NO)c1cnc(N2CCC3(CC2)CN(Cc2ccccc2)C3)nc1. The highest BCUT2D eigenvalue weighted by atomic mass is 16.5. The number of likely N-dealkylation sites (tertiary alicyclic amines) is 1. The van der Waals surface area contributed by atoms with Crippen molar-refractivity contribution in [3.05, 3.63) is 53.9 Å². The Balaban J connectivity index is 1.29. The van der Waals surface area contributed by atoms with Crippen LogP contribution < -0.4 is 10.4 Å². The third-order valence-corrected chi connectivity index (χ3v) is 5.48. The first kappa shape index (κ1) is 16.9. The molecule has 0 saturated carbocycles. The number of nitrogens with one attached hydrogen (secondary N) is 1. The van der Waals surface area contributed by atoms with Gasteiger partial charge in [0.1, 0.15) is 0 Å². The van der Waals surface area contributed by atoms with Crippen LogP contribution >= 0.6 is 0 Å². The molecule has 7 heteroatoms. The van der Waals surface area contributed by atoms with Gasteiger partial charge in [0.25, 0.3) is 5.91 Å². The zero-order valence-electron chi connectivity index (χ0n) is 14.6. The van der Waals surface area contributed by atoms with Crippen molar-refractivity contribution in [3.8, 4) is 0 Å². The molecule has 4 rings (SSSR count). The van der Waals surface area contributed by atoms with E-state index < -0.39 is 5.91 Å². The van der Waals surface area contributed by atoms with Crippen LogP contribution in [-0.4, -0.2) is 52.2 Å². The molecule has 2 fully saturated rings. The van der Waals surface area contributed by atoms with E-state index in [0.29, 0.717) is 11.4 Å². The number of hydrogen-bond donors (Lipinski definition) is 2. The molecule has 0 atom stereocenters. The number of carbonyl (C=O) groups is 1. The third kappa shape index (κ3) is 3.40. The summed E-state index contributed by atoms with van der Waals surface area (Å²) in [6, 6.07) is 10.6. The van der Waals surface area contributed by atoms with Crippen LogP contribution in [0, 0.1) is 5.41 Å². The fourth-order valence-electron chi connectivity index (χ4n) is 4.02. The van der Waals surface area contributed by atoms with E-state index in [0.717, 1.165) is 45.6 Å². The standard InChI is InChI=1S/C19H23N5O2/c25-17(22-26)16-10-20-18(21-11-16)24-8-6-19(7-9-24)13-23(14-19)12-15-4-2-1-3-5-15/h1-5,10-11,26H,6-9,12-14H2,(H,22,25). The smallest absolute Gasteiger partial charge is 0.277 e. The number of hydroxylamine groups is 1. The van der Waals surface area contributed by atoms with Gasteiger partial charge in [-0.2, -0.15) is 0 Å². The van der Waals surface area contributed by atoms with E-state index in [1.165, 1.54) is 18.0 Å². The maximum atomic E-state index is 11.3. The summed E-state index contributed by atoms with van der Waals surface area (Å²) < 4.78 is 0. The fraction of sp³-hybridized carbons (Fsp3) is 0.421. The van der Waals surface area contributed by atoms with Gasteiger partial charge in [0, 0.05) is 45.1 Å². The van der Waals surface area contributed by atoms with Gasteiger partial charge in [-0.1, -0.05) is 30.3 Å². The number of rotatable bonds is 4. The molecule has 136 valence electrons. The number of anilines is 1. The first-order valence-electron chi connectivity index (χ1n) is 8.95. The number of carbonyl (C=O) groups excluding carboxylic acids is 1. The van der Waals surface area contributed by atoms with Gasteiger partial charge in [0.05, 0.1) is 5.56 Å². The average Bonchev–Trinajstić information content (AvgIpc) is 2.68. The van der Waals surface area contributed by atoms with Gasteiger partial charge >= 0.3 is 0 Å². The van der Waals surface area contributed by atoms with Crippen LogP contribution in [0.4, 0.5) is 5.95 Å². The molecule has 2 aliphatic heterocycles. The lowest BCUT2D eigenvalue weighted by molar-refractivity contribution is -0.0241. The van der Waals surface area contributed by atoms with Gasteiger partial charge in [-0.15, -0.1) is 0 Å². The van der Waals surface area contributed by atoms with Crippen molar-refractivity contribution in [3.63, 3.8) is 0 Å². The van der Waals surface area contributed by atoms with Crippen molar-refractivity contribution in [2.75, 3.05) is 31.1 Å². The summed E-state index contributed by atoms with van der Waals surface area (Å²) in [4.78, 5) is 24.6. The minimum absolute atomic E-state index is 0.250. The Kier molecular flexibility index (Phi) is 4.57. The molecule has 1 aromatic heterocycles. The molecule has 0 radical (unpaired) electrons. The van der Waals surface area contributed by atoms with Crippen LogP contribution in [0.1, 0.15) is 28.8 Å². The van der Waals surface area contributed by atoms with E-state index in [1.807, 2.05) is 0 Å². The largest absolute Gasteiger partial charge is 0.341 e. The second-order valence-corrected chi connectivity index (χ2v) is 7.33. The van der Waals surface area contributed by atoms with E-state index in [-0.39, 0.29) is 5.56 Å². The van der Waals surface area contributed by atoms with Crippen molar-refractivity contribution in [1.82, 2.24) is 20.3 Å². The van der Waals surface area contributed by atoms with E-state index >= 15 is 0 Å². The molecular formula is C19H23N5O2. The third-order valence-electron chi connectivity index (χ3n) is 5.48. The zero-order valence-corrected chi connectivity index (χ0v) is 14.6. The molecule has 2 saturated heterocycles. The van der Waals surface area contributed by atoms with Gasteiger partial charge in [-0.3, -0.25) is 14.9 Å². The molecule has 26 heavy (non-hydrogen) atoms. The molecule has 2 aliphatic rings. The number of amides is 1. The molecule has 2 aromatic rings. The van der Waals surface area contributed by atoms with Gasteiger partial charge in [0.2, 0.25) is 5.95 Å². The van der Waals surface area contributed by atoms with E-state index in [2.05, 4.69) is 50.1 Å². The minimum atomic E-state index is -0.595. The number of aromatic nitrogens is 2. The van der Waals surface area contributed by atoms with Crippen LogP contribution in [0.25, 0.3) is 0 Å². The van der Waals surface area contributed by atoms with Gasteiger partial charge in [-0.25, -0.2) is 15.4 Å². The van der Waals surface area contributed by atoms with Crippen molar-refractivity contribution >= 4 is 11.9 Å². The van der Waals surface area contributed by atoms with E-state index in [9.17, 15) is 4.79 Å². The lowest BCUT2D eigenvalue weighted by atomic mass is 9.72. The van der Waals surface area contributed by atoms with Crippen molar-refractivity contribution in [2.24, 2.45) is 5.41 Å². The lowest BCUT2D eigenvalue weighted by Crippen LogP contribution is -2.59. The summed E-state index contributed by atoms with van der Waals surface area (Å²) in [6.45, 7) is 5.22. The van der Waals surface area contributed by atoms with Crippen LogP contribution in [0.2, 0.25) is 0 Å². The predicted molar refractivity (Wildman–Crippen MR) is 96.9 cm³/mol. The fourth-order valence-corrected chi connectivity index (χ4v) is 4.02. The predicted octanol–water partition coefficient (Wildman–Crippen LogP) is 1.70. The highest BCUT2D eigenvalue weighted by Crippen LogP contribution is 2.41. The van der Waals surface area contributed by atoms with Crippen LogP contribution in [0.5, 0.6) is 0 Å². The zero-order chi connectivity index (χ0) is 18.0. The minimum Gasteiger partial charge on any atom is -0.341 e. The Bertz CT molecular complexity index is 749. The maximum Gasteiger partial charge on any atom is 0.277 e. The van der Waals surface area contributed by atoms with Crippen molar-refractivity contribution < 1.29 is 10.0 Å². The highest BCUT2D eigenvalue weighted by molar-refractivity contribution is 5.92. The van der Waals surface area contributed by atoms with Crippen LogP contribution in [-0.2, 0) is 6.54 Å². The molecule has 1 spiro atoms. The molecule has 0 bridgehead atoms. The van der Waals surface area contributed by atoms with Crippen molar-refractivity contribution in [1.29, 1.82) is 0 Å². The van der Waals surface area contributed by atoms with Crippen LogP contribution in [0.3, 0.4) is 0 Å². The van der Waals surface area contributed by atoms with Gasteiger partial charge in [0.15, 0.2) is 0 Å². The molecule has 7 nitrogen and oxygen atoms in total. The van der Waals surface area contributed by atoms with E-state index in [1.54, 1.807) is 5.48 Å². The number of piperidine rings is 1. The molecule has 1 aromatic carbocycles. The maximum absolute atomic E-state index is 11.3. The Labute approximate surface area is 152 Å². The molecule has 0 aliphatic carbocycles. The topological polar surface area (TPSA) is 81.6 Å². The second kappa shape index (κ2) is 7.01.